The number of hydrogen-bond donors (Lipinski definition) is 2. The van der Waals surface area contributed by atoms with E-state index >= 15 is 0 Å². The van der Waals surface area contributed by atoms with Crippen LogP contribution in [0.2, 0.25) is 5.02 Å². The van der Waals surface area contributed by atoms with Gasteiger partial charge in [-0.3, -0.25) is 19.1 Å². The normalized spacial score (nSPS) is 10.7. The van der Waals surface area contributed by atoms with E-state index in [0.717, 1.165) is 15.4 Å². The average Bonchev–Trinajstić information content (AvgIpc) is 2.71. The summed E-state index contributed by atoms with van der Waals surface area (Å²) in [5, 5.41) is 0.257. The molecule has 0 aliphatic heterocycles. The standard InChI is InChI=1S/C20H19ClN4O3S/c1-24(19(27)14-10-13(29-2)8-9-15(14)21)16-17(22)25(20(28)23-18(16)26)11-12-6-4-3-5-7-12/h3-10H,11,22H2,1-2H3,(H,23,26,28). The zero-order valence-electron chi connectivity index (χ0n) is 15.8. The molecule has 3 rings (SSSR count). The van der Waals surface area contributed by atoms with E-state index in [1.54, 1.807) is 18.2 Å². The maximum Gasteiger partial charge on any atom is 0.330 e. The molecule has 150 valence electrons. The Morgan fingerprint density at radius 1 is 1.21 bits per heavy atom. The van der Waals surface area contributed by atoms with E-state index in [4.69, 9.17) is 17.3 Å². The van der Waals surface area contributed by atoms with Crippen molar-refractivity contribution in [3.8, 4) is 0 Å². The molecule has 3 aromatic rings. The number of hydrogen-bond acceptors (Lipinski definition) is 5. The maximum absolute atomic E-state index is 13.0. The second-order valence-electron chi connectivity index (χ2n) is 6.27. The van der Waals surface area contributed by atoms with Crippen molar-refractivity contribution in [1.29, 1.82) is 0 Å². The van der Waals surface area contributed by atoms with E-state index in [-0.39, 0.29) is 28.6 Å². The molecule has 7 nitrogen and oxygen atoms in total. The van der Waals surface area contributed by atoms with Crippen LogP contribution in [0.25, 0.3) is 0 Å². The maximum atomic E-state index is 13.0. The van der Waals surface area contributed by atoms with Gasteiger partial charge in [0.25, 0.3) is 11.5 Å². The molecule has 0 radical (unpaired) electrons. The third-order valence-corrected chi connectivity index (χ3v) is 5.50. The highest BCUT2D eigenvalue weighted by Gasteiger charge is 2.24. The molecular weight excluding hydrogens is 412 g/mol. The van der Waals surface area contributed by atoms with Crippen molar-refractivity contribution in [2.24, 2.45) is 0 Å². The van der Waals surface area contributed by atoms with E-state index in [9.17, 15) is 14.4 Å². The lowest BCUT2D eigenvalue weighted by Crippen LogP contribution is -2.39. The molecule has 3 N–H and O–H groups in total. The molecule has 0 aliphatic rings. The highest BCUT2D eigenvalue weighted by atomic mass is 35.5. The summed E-state index contributed by atoms with van der Waals surface area (Å²) in [4.78, 5) is 42.0. The van der Waals surface area contributed by atoms with Gasteiger partial charge in [0.15, 0.2) is 5.69 Å². The molecule has 0 unspecified atom stereocenters. The highest BCUT2D eigenvalue weighted by Crippen LogP contribution is 2.26. The fourth-order valence-corrected chi connectivity index (χ4v) is 3.54. The summed E-state index contributed by atoms with van der Waals surface area (Å²) in [5.74, 6) is -0.608. The zero-order valence-corrected chi connectivity index (χ0v) is 17.4. The summed E-state index contributed by atoms with van der Waals surface area (Å²) in [6, 6.07) is 14.3. The van der Waals surface area contributed by atoms with Gasteiger partial charge in [0.1, 0.15) is 5.82 Å². The zero-order chi connectivity index (χ0) is 21.1. The molecule has 0 aliphatic carbocycles. The summed E-state index contributed by atoms with van der Waals surface area (Å²) in [6.45, 7) is 0.153. The number of amides is 1. The molecule has 2 aromatic carbocycles. The first-order valence-corrected chi connectivity index (χ1v) is 10.2. The molecule has 9 heteroatoms. The van der Waals surface area contributed by atoms with Crippen LogP contribution in [0.1, 0.15) is 15.9 Å². The molecule has 1 amide bonds. The number of carbonyl (C=O) groups excluding carboxylic acids is 1. The topological polar surface area (TPSA) is 101 Å². The Kier molecular flexibility index (Phi) is 6.14. The van der Waals surface area contributed by atoms with Crippen LogP contribution in [-0.4, -0.2) is 28.8 Å². The van der Waals surface area contributed by atoms with Gasteiger partial charge in [-0.05, 0) is 30.0 Å². The van der Waals surface area contributed by atoms with Crippen molar-refractivity contribution in [2.45, 2.75) is 11.4 Å². The number of anilines is 2. The number of thioether (sulfide) groups is 1. The van der Waals surface area contributed by atoms with Crippen molar-refractivity contribution in [3.63, 3.8) is 0 Å². The van der Waals surface area contributed by atoms with E-state index in [2.05, 4.69) is 4.98 Å². The van der Waals surface area contributed by atoms with Crippen LogP contribution >= 0.6 is 23.4 Å². The number of H-pyrrole nitrogens is 1. The second kappa shape index (κ2) is 8.59. The number of rotatable bonds is 5. The molecule has 0 fully saturated rings. The fourth-order valence-electron chi connectivity index (χ4n) is 2.90. The first-order chi connectivity index (χ1) is 13.8. The van der Waals surface area contributed by atoms with Gasteiger partial charge in [0.05, 0.1) is 17.1 Å². The highest BCUT2D eigenvalue weighted by molar-refractivity contribution is 7.98. The average molecular weight is 431 g/mol. The van der Waals surface area contributed by atoms with Gasteiger partial charge < -0.3 is 10.6 Å². The summed E-state index contributed by atoms with van der Waals surface area (Å²) < 4.78 is 1.22. The largest absolute Gasteiger partial charge is 0.383 e. The van der Waals surface area contributed by atoms with Gasteiger partial charge in [-0.1, -0.05) is 41.9 Å². The number of benzene rings is 2. The molecule has 0 spiro atoms. The molecule has 0 saturated carbocycles. The van der Waals surface area contributed by atoms with E-state index in [0.29, 0.717) is 0 Å². The lowest BCUT2D eigenvalue weighted by atomic mass is 10.2. The number of nitrogens with one attached hydrogen (secondary N) is 1. The van der Waals surface area contributed by atoms with Crippen molar-refractivity contribution >= 4 is 40.8 Å². The minimum atomic E-state index is -0.746. The first kappa shape index (κ1) is 20.8. The Balaban J connectivity index is 2.06. The number of nitrogens with zero attached hydrogens (tertiary/aromatic N) is 2. The van der Waals surface area contributed by atoms with Crippen LogP contribution < -0.4 is 21.9 Å². The van der Waals surface area contributed by atoms with Crippen molar-refractivity contribution in [1.82, 2.24) is 9.55 Å². The van der Waals surface area contributed by atoms with Crippen LogP contribution in [-0.2, 0) is 6.54 Å². The molecule has 29 heavy (non-hydrogen) atoms. The van der Waals surface area contributed by atoms with Gasteiger partial charge >= 0.3 is 5.69 Å². The third kappa shape index (κ3) is 4.23. The minimum Gasteiger partial charge on any atom is -0.383 e. The van der Waals surface area contributed by atoms with Crippen molar-refractivity contribution in [3.05, 3.63) is 85.5 Å². The van der Waals surface area contributed by atoms with Gasteiger partial charge in [0.2, 0.25) is 0 Å². The fraction of sp³-hybridized carbons (Fsp3) is 0.150. The predicted molar refractivity (Wildman–Crippen MR) is 117 cm³/mol. The van der Waals surface area contributed by atoms with Crippen LogP contribution in [0.4, 0.5) is 11.5 Å². The lowest BCUT2D eigenvalue weighted by molar-refractivity contribution is 0.0992. The number of nitrogen functional groups attached to an aromatic ring is 1. The number of carbonyl (C=O) groups is 1. The Labute approximate surface area is 176 Å². The minimum absolute atomic E-state index is 0.101. The number of nitrogens with two attached hydrogens (primary N) is 1. The van der Waals surface area contributed by atoms with Crippen LogP contribution in [0.5, 0.6) is 0 Å². The Hall–Kier alpha value is -2.97. The predicted octanol–water partition coefficient (Wildman–Crippen LogP) is 2.82. The molecule has 0 bridgehead atoms. The van der Waals surface area contributed by atoms with Crippen LogP contribution in [0, 0.1) is 0 Å². The van der Waals surface area contributed by atoms with Crippen molar-refractivity contribution in [2.75, 3.05) is 23.9 Å². The Bertz CT molecular complexity index is 1170. The smallest absolute Gasteiger partial charge is 0.330 e. The molecule has 1 heterocycles. The quantitative estimate of drug-likeness (QED) is 0.606. The van der Waals surface area contributed by atoms with Crippen molar-refractivity contribution < 1.29 is 4.79 Å². The van der Waals surface area contributed by atoms with E-state index < -0.39 is 17.2 Å². The summed E-state index contributed by atoms with van der Waals surface area (Å²) in [7, 11) is 1.42. The number of aromatic amines is 1. The molecule has 0 saturated heterocycles. The van der Waals surface area contributed by atoms with Gasteiger partial charge in [-0.15, -0.1) is 11.8 Å². The molecule has 0 atom stereocenters. The van der Waals surface area contributed by atoms with Crippen LogP contribution in [0.3, 0.4) is 0 Å². The number of halogens is 1. The summed E-state index contributed by atoms with van der Waals surface area (Å²) in [6.07, 6.45) is 1.88. The van der Waals surface area contributed by atoms with E-state index in [1.807, 2.05) is 36.6 Å². The number of aromatic nitrogens is 2. The SMILES string of the molecule is CSc1ccc(Cl)c(C(=O)N(C)c2c(N)n(Cc3ccccc3)c(=O)[nH]c2=O)c1. The Morgan fingerprint density at radius 2 is 1.90 bits per heavy atom. The summed E-state index contributed by atoms with van der Waals surface area (Å²) >= 11 is 7.65. The summed E-state index contributed by atoms with van der Waals surface area (Å²) in [5.41, 5.74) is 5.71. The van der Waals surface area contributed by atoms with E-state index in [1.165, 1.54) is 23.4 Å². The third-order valence-electron chi connectivity index (χ3n) is 4.44. The van der Waals surface area contributed by atoms with Gasteiger partial charge in [0, 0.05) is 11.9 Å². The lowest BCUT2D eigenvalue weighted by Gasteiger charge is -2.21. The second-order valence-corrected chi connectivity index (χ2v) is 7.56. The monoisotopic (exact) mass is 430 g/mol. The first-order valence-electron chi connectivity index (χ1n) is 8.61. The van der Waals surface area contributed by atoms with Gasteiger partial charge in [-0.25, -0.2) is 4.79 Å². The Morgan fingerprint density at radius 3 is 2.55 bits per heavy atom. The molecule has 1 aromatic heterocycles. The molecular formula is C20H19ClN4O3S. The van der Waals surface area contributed by atoms with Crippen LogP contribution in [0.15, 0.2) is 63.0 Å². The van der Waals surface area contributed by atoms with Gasteiger partial charge in [-0.2, -0.15) is 0 Å².